The number of unbranched alkanes of at least 4 members (excludes halogenated alkanes) is 7. The smallest absolute Gasteiger partial charge is 0.297 e. The van der Waals surface area contributed by atoms with Crippen molar-refractivity contribution < 1.29 is 14.2 Å². The van der Waals surface area contributed by atoms with Crippen molar-refractivity contribution in [1.29, 1.82) is 0 Å². The molecule has 0 unspecified atom stereocenters. The van der Waals surface area contributed by atoms with Gasteiger partial charge in [0.05, 0.1) is 25.8 Å². The molecule has 0 amide bonds. The number of nitrogens with zero attached hydrogens (tertiary/aromatic N) is 1. The average molecular weight is 432 g/mol. The maximum Gasteiger partial charge on any atom is 0.297 e. The maximum atomic E-state index is 13.4. The molecule has 0 fully saturated rings. The molecular weight excluding hydrogens is 390 g/mol. The predicted molar refractivity (Wildman–Crippen MR) is 129 cm³/mol. The molecule has 0 saturated heterocycles. The van der Waals surface area contributed by atoms with Gasteiger partial charge in [0.1, 0.15) is 5.75 Å². The maximum absolute atomic E-state index is 13.4. The molecule has 2 rings (SSSR count). The quantitative estimate of drug-likeness (QED) is 0.277. The number of aromatic nitrogens is 1. The number of rotatable bonds is 16. The Kier molecular flexibility index (Phi) is 11.3. The van der Waals surface area contributed by atoms with Crippen molar-refractivity contribution in [2.24, 2.45) is 0 Å². The van der Waals surface area contributed by atoms with Gasteiger partial charge in [0.25, 0.3) is 5.56 Å². The third kappa shape index (κ3) is 7.19. The molecule has 0 N–H and O–H groups in total. The van der Waals surface area contributed by atoms with E-state index in [1.165, 1.54) is 25.7 Å². The number of ether oxygens (including phenoxy) is 3. The standard InChI is InChI=1S/C26H41NO4/c1-5-8-11-12-13-14-17-27-23-20-21(30-18-9-6-2)15-16-22(23)24(29-4)25(26(27)28)31-19-10-7-3/h15-16,20H,5-14,17-19H2,1-4H3. The highest BCUT2D eigenvalue weighted by molar-refractivity contribution is 5.89. The molecule has 2 aromatic rings. The lowest BCUT2D eigenvalue weighted by atomic mass is 10.1. The lowest BCUT2D eigenvalue weighted by Crippen LogP contribution is -2.24. The van der Waals surface area contributed by atoms with Gasteiger partial charge in [-0.05, 0) is 31.4 Å². The summed E-state index contributed by atoms with van der Waals surface area (Å²) in [4.78, 5) is 13.4. The Morgan fingerprint density at radius 3 is 2.10 bits per heavy atom. The van der Waals surface area contributed by atoms with E-state index in [9.17, 15) is 4.79 Å². The molecule has 0 atom stereocenters. The van der Waals surface area contributed by atoms with Gasteiger partial charge in [-0.25, -0.2) is 0 Å². The summed E-state index contributed by atoms with van der Waals surface area (Å²) < 4.78 is 19.3. The molecule has 1 heterocycles. The minimum Gasteiger partial charge on any atom is -0.494 e. The molecule has 0 spiro atoms. The Morgan fingerprint density at radius 2 is 1.42 bits per heavy atom. The zero-order valence-corrected chi connectivity index (χ0v) is 20.0. The Labute approximate surface area is 187 Å². The highest BCUT2D eigenvalue weighted by Crippen LogP contribution is 2.34. The number of aryl methyl sites for hydroxylation is 1. The monoisotopic (exact) mass is 431 g/mol. The Balaban J connectivity index is 2.39. The molecule has 0 aliphatic rings. The number of hydrogen-bond acceptors (Lipinski definition) is 4. The second kappa shape index (κ2) is 14.0. The van der Waals surface area contributed by atoms with Crippen molar-refractivity contribution in [3.63, 3.8) is 0 Å². The van der Waals surface area contributed by atoms with Crippen molar-refractivity contribution >= 4 is 10.9 Å². The van der Waals surface area contributed by atoms with E-state index in [2.05, 4.69) is 20.8 Å². The SMILES string of the molecule is CCCCCCCCn1c(=O)c(OCCCC)c(OC)c2ccc(OCCCC)cc21. The van der Waals surface area contributed by atoms with Gasteiger partial charge in [-0.15, -0.1) is 0 Å². The average Bonchev–Trinajstić information content (AvgIpc) is 2.78. The van der Waals surface area contributed by atoms with Crippen LogP contribution in [0.1, 0.15) is 85.0 Å². The van der Waals surface area contributed by atoms with Crippen molar-refractivity contribution in [2.75, 3.05) is 20.3 Å². The van der Waals surface area contributed by atoms with Crippen LogP contribution >= 0.6 is 0 Å². The first-order chi connectivity index (χ1) is 15.2. The molecule has 0 saturated carbocycles. The van der Waals surface area contributed by atoms with Gasteiger partial charge in [0.15, 0.2) is 5.75 Å². The summed E-state index contributed by atoms with van der Waals surface area (Å²) in [7, 11) is 1.60. The van der Waals surface area contributed by atoms with Crippen LogP contribution in [0.15, 0.2) is 23.0 Å². The topological polar surface area (TPSA) is 49.7 Å². The van der Waals surface area contributed by atoms with E-state index < -0.39 is 0 Å². The number of methoxy groups -OCH3 is 1. The first-order valence-electron chi connectivity index (χ1n) is 12.2. The summed E-state index contributed by atoms with van der Waals surface area (Å²) in [6.45, 7) is 8.35. The first-order valence-corrected chi connectivity index (χ1v) is 12.2. The molecule has 5 heteroatoms. The van der Waals surface area contributed by atoms with E-state index in [4.69, 9.17) is 14.2 Å². The van der Waals surface area contributed by atoms with Crippen molar-refractivity contribution in [3.8, 4) is 17.2 Å². The van der Waals surface area contributed by atoms with Gasteiger partial charge in [-0.3, -0.25) is 4.79 Å². The predicted octanol–water partition coefficient (Wildman–Crippen LogP) is 6.73. The van der Waals surface area contributed by atoms with Crippen molar-refractivity contribution in [3.05, 3.63) is 28.6 Å². The lowest BCUT2D eigenvalue weighted by molar-refractivity contribution is 0.283. The molecule has 0 bridgehead atoms. The van der Waals surface area contributed by atoms with Crippen LogP contribution in [0.5, 0.6) is 17.2 Å². The molecular formula is C26H41NO4. The molecule has 0 aliphatic carbocycles. The van der Waals surface area contributed by atoms with Crippen LogP contribution in [0, 0.1) is 0 Å². The minimum atomic E-state index is -0.111. The van der Waals surface area contributed by atoms with E-state index in [-0.39, 0.29) is 5.56 Å². The Morgan fingerprint density at radius 1 is 0.774 bits per heavy atom. The summed E-state index contributed by atoms with van der Waals surface area (Å²) in [6, 6.07) is 5.91. The van der Waals surface area contributed by atoms with Crippen LogP contribution < -0.4 is 19.8 Å². The molecule has 174 valence electrons. The summed E-state index contributed by atoms with van der Waals surface area (Å²) >= 11 is 0. The van der Waals surface area contributed by atoms with Crippen LogP contribution in [0.3, 0.4) is 0 Å². The molecule has 1 aromatic carbocycles. The second-order valence-electron chi connectivity index (χ2n) is 8.17. The van der Waals surface area contributed by atoms with E-state index in [1.807, 2.05) is 22.8 Å². The highest BCUT2D eigenvalue weighted by Gasteiger charge is 2.19. The van der Waals surface area contributed by atoms with E-state index in [0.29, 0.717) is 31.3 Å². The van der Waals surface area contributed by atoms with Crippen LogP contribution in [0.2, 0.25) is 0 Å². The van der Waals surface area contributed by atoms with Gasteiger partial charge in [-0.2, -0.15) is 0 Å². The van der Waals surface area contributed by atoms with Crippen LogP contribution in [-0.2, 0) is 6.54 Å². The molecule has 31 heavy (non-hydrogen) atoms. The summed E-state index contributed by atoms with van der Waals surface area (Å²) in [5.74, 6) is 1.64. The molecule has 1 aromatic heterocycles. The third-order valence-electron chi connectivity index (χ3n) is 5.60. The molecule has 0 aliphatic heterocycles. The fourth-order valence-electron chi connectivity index (χ4n) is 3.72. The number of hydrogen-bond donors (Lipinski definition) is 0. The minimum absolute atomic E-state index is 0.111. The Bertz CT molecular complexity index is 843. The molecule has 5 nitrogen and oxygen atoms in total. The van der Waals surface area contributed by atoms with E-state index in [0.717, 1.165) is 55.2 Å². The van der Waals surface area contributed by atoms with Crippen LogP contribution in [0.4, 0.5) is 0 Å². The lowest BCUT2D eigenvalue weighted by Gasteiger charge is -2.18. The first kappa shape index (κ1) is 25.1. The van der Waals surface area contributed by atoms with Crippen LogP contribution in [-0.4, -0.2) is 24.9 Å². The fourth-order valence-corrected chi connectivity index (χ4v) is 3.72. The number of pyridine rings is 1. The van der Waals surface area contributed by atoms with Crippen molar-refractivity contribution in [1.82, 2.24) is 4.57 Å². The Hall–Kier alpha value is -2.17. The zero-order chi connectivity index (χ0) is 22.5. The largest absolute Gasteiger partial charge is 0.494 e. The van der Waals surface area contributed by atoms with Gasteiger partial charge in [0.2, 0.25) is 5.75 Å². The van der Waals surface area contributed by atoms with E-state index in [1.54, 1.807) is 7.11 Å². The van der Waals surface area contributed by atoms with Gasteiger partial charge >= 0.3 is 0 Å². The molecule has 0 radical (unpaired) electrons. The van der Waals surface area contributed by atoms with Crippen LogP contribution in [0.25, 0.3) is 10.9 Å². The number of fused-ring (bicyclic) bond motifs is 1. The summed E-state index contributed by atoms with van der Waals surface area (Å²) in [5.41, 5.74) is 0.743. The highest BCUT2D eigenvalue weighted by atomic mass is 16.5. The second-order valence-corrected chi connectivity index (χ2v) is 8.17. The zero-order valence-electron chi connectivity index (χ0n) is 20.0. The van der Waals surface area contributed by atoms with E-state index >= 15 is 0 Å². The van der Waals surface area contributed by atoms with Gasteiger partial charge in [0, 0.05) is 18.0 Å². The normalized spacial score (nSPS) is 11.1. The van der Waals surface area contributed by atoms with Gasteiger partial charge in [-0.1, -0.05) is 65.7 Å². The fraction of sp³-hybridized carbons (Fsp3) is 0.654. The van der Waals surface area contributed by atoms with Gasteiger partial charge < -0.3 is 18.8 Å². The van der Waals surface area contributed by atoms with Crippen molar-refractivity contribution in [2.45, 2.75) is 91.5 Å². The summed E-state index contributed by atoms with van der Waals surface area (Å²) in [5, 5.41) is 0.891. The number of benzene rings is 1. The summed E-state index contributed by atoms with van der Waals surface area (Å²) in [6.07, 6.45) is 11.1. The third-order valence-corrected chi connectivity index (χ3v) is 5.60.